The average molecular weight is 290 g/mol. The molecule has 0 aromatic heterocycles. The molecule has 1 aliphatic heterocycles. The highest BCUT2D eigenvalue weighted by Gasteiger charge is 2.41. The van der Waals surface area contributed by atoms with Gasteiger partial charge in [0, 0.05) is 13.1 Å². The Balaban J connectivity index is 1.91. The van der Waals surface area contributed by atoms with Crippen molar-refractivity contribution in [3.63, 3.8) is 0 Å². The lowest BCUT2D eigenvalue weighted by atomic mass is 10.0. The Kier molecular flexibility index (Phi) is 3.31. The first-order valence-electron chi connectivity index (χ1n) is 7.03. The van der Waals surface area contributed by atoms with Gasteiger partial charge in [-0.15, -0.1) is 0 Å². The molecule has 0 radical (unpaired) electrons. The Morgan fingerprint density at radius 2 is 1.90 bits per heavy atom. The summed E-state index contributed by atoms with van der Waals surface area (Å²) in [4.78, 5) is 0.344. The minimum absolute atomic E-state index is 0.344. The molecule has 2 fully saturated rings. The van der Waals surface area contributed by atoms with Gasteiger partial charge >= 0.3 is 0 Å². The number of benzene rings is 1. The Morgan fingerprint density at radius 1 is 1.25 bits per heavy atom. The van der Waals surface area contributed by atoms with Gasteiger partial charge < -0.3 is 0 Å². The summed E-state index contributed by atoms with van der Waals surface area (Å²) in [7, 11) is -3.41. The van der Waals surface area contributed by atoms with Crippen LogP contribution in [-0.4, -0.2) is 25.8 Å². The number of nitriles is 1. The van der Waals surface area contributed by atoms with E-state index in [1.807, 2.05) is 6.07 Å². The first-order chi connectivity index (χ1) is 9.52. The molecule has 106 valence electrons. The second kappa shape index (κ2) is 4.87. The smallest absolute Gasteiger partial charge is 0.207 e. The molecule has 2 unspecified atom stereocenters. The molecule has 0 spiro atoms. The highest BCUT2D eigenvalue weighted by molar-refractivity contribution is 7.89. The van der Waals surface area contributed by atoms with Crippen molar-refractivity contribution in [1.82, 2.24) is 4.31 Å². The molecule has 1 heterocycles. The van der Waals surface area contributed by atoms with E-state index >= 15 is 0 Å². The van der Waals surface area contributed by atoms with Crippen LogP contribution in [0.15, 0.2) is 23.1 Å². The second-order valence-electron chi connectivity index (χ2n) is 5.87. The van der Waals surface area contributed by atoms with Crippen molar-refractivity contribution in [2.24, 2.45) is 11.8 Å². The number of aryl methyl sites for hydroxylation is 1. The Bertz CT molecular complexity index is 664. The van der Waals surface area contributed by atoms with E-state index in [0.717, 1.165) is 12.8 Å². The third kappa shape index (κ3) is 2.13. The van der Waals surface area contributed by atoms with Crippen LogP contribution in [0.5, 0.6) is 0 Å². The standard InChI is InChI=1S/C15H18N2O2S/c1-11-7-12(8-16)5-6-15(11)20(18,19)17-9-13-3-2-4-14(13)10-17/h5-7,13-14H,2-4,9-10H2,1H3. The average Bonchev–Trinajstić information content (AvgIpc) is 2.99. The summed E-state index contributed by atoms with van der Waals surface area (Å²) >= 11 is 0. The molecule has 0 bridgehead atoms. The summed E-state index contributed by atoms with van der Waals surface area (Å²) in [5.41, 5.74) is 1.15. The van der Waals surface area contributed by atoms with Gasteiger partial charge in [-0.1, -0.05) is 6.42 Å². The maximum Gasteiger partial charge on any atom is 0.243 e. The lowest BCUT2D eigenvalue weighted by Gasteiger charge is -2.18. The highest BCUT2D eigenvalue weighted by atomic mass is 32.2. The van der Waals surface area contributed by atoms with E-state index in [4.69, 9.17) is 5.26 Å². The van der Waals surface area contributed by atoms with Gasteiger partial charge in [-0.3, -0.25) is 0 Å². The SMILES string of the molecule is Cc1cc(C#N)ccc1S(=O)(=O)N1CC2CCCC2C1. The molecule has 4 nitrogen and oxygen atoms in total. The van der Waals surface area contributed by atoms with Crippen molar-refractivity contribution >= 4 is 10.0 Å². The van der Waals surface area contributed by atoms with Gasteiger partial charge in [-0.2, -0.15) is 9.57 Å². The Hall–Kier alpha value is -1.38. The number of sulfonamides is 1. The van der Waals surface area contributed by atoms with Crippen LogP contribution in [-0.2, 0) is 10.0 Å². The minimum Gasteiger partial charge on any atom is -0.207 e. The number of rotatable bonds is 2. The lowest BCUT2D eigenvalue weighted by Crippen LogP contribution is -2.30. The van der Waals surface area contributed by atoms with Gasteiger partial charge in [0.1, 0.15) is 0 Å². The number of hydrogen-bond donors (Lipinski definition) is 0. The highest BCUT2D eigenvalue weighted by Crippen LogP contribution is 2.40. The largest absolute Gasteiger partial charge is 0.243 e. The van der Waals surface area contributed by atoms with Crippen LogP contribution >= 0.6 is 0 Å². The van der Waals surface area contributed by atoms with Gasteiger partial charge in [-0.05, 0) is 55.4 Å². The van der Waals surface area contributed by atoms with Gasteiger partial charge in [0.2, 0.25) is 10.0 Å². The molecule has 0 N–H and O–H groups in total. The number of fused-ring (bicyclic) bond motifs is 1. The summed E-state index contributed by atoms with van der Waals surface area (Å²) < 4.78 is 27.1. The van der Waals surface area contributed by atoms with Crippen LogP contribution in [0.2, 0.25) is 0 Å². The van der Waals surface area contributed by atoms with Gasteiger partial charge in [0.25, 0.3) is 0 Å². The third-order valence-corrected chi connectivity index (χ3v) is 6.61. The molecule has 1 aromatic rings. The molecular weight excluding hydrogens is 272 g/mol. The van der Waals surface area contributed by atoms with Crippen molar-refractivity contribution < 1.29 is 8.42 Å². The van der Waals surface area contributed by atoms with Gasteiger partial charge in [0.15, 0.2) is 0 Å². The molecule has 2 atom stereocenters. The predicted octanol–water partition coefficient (Wildman–Crippen LogP) is 2.29. The maximum absolute atomic E-state index is 12.7. The summed E-state index contributed by atoms with van der Waals surface area (Å²) in [6.45, 7) is 3.07. The van der Waals surface area contributed by atoms with Crippen molar-refractivity contribution in [2.75, 3.05) is 13.1 Å². The topological polar surface area (TPSA) is 61.2 Å². The maximum atomic E-state index is 12.7. The predicted molar refractivity (Wildman–Crippen MR) is 75.5 cm³/mol. The summed E-state index contributed by atoms with van der Waals surface area (Å²) in [6, 6.07) is 6.83. The fourth-order valence-electron chi connectivity index (χ4n) is 3.54. The molecular formula is C15H18N2O2S. The zero-order valence-corrected chi connectivity index (χ0v) is 12.4. The molecule has 20 heavy (non-hydrogen) atoms. The zero-order chi connectivity index (χ0) is 14.3. The van der Waals surface area contributed by atoms with Crippen LogP contribution in [0, 0.1) is 30.1 Å². The fourth-order valence-corrected chi connectivity index (χ4v) is 5.30. The van der Waals surface area contributed by atoms with Crippen LogP contribution in [0.1, 0.15) is 30.4 Å². The third-order valence-electron chi connectivity index (χ3n) is 4.61. The molecule has 1 saturated heterocycles. The first-order valence-corrected chi connectivity index (χ1v) is 8.47. The van der Waals surface area contributed by atoms with E-state index in [9.17, 15) is 8.42 Å². The molecule has 2 aliphatic rings. The molecule has 1 aromatic carbocycles. The van der Waals surface area contributed by atoms with Crippen LogP contribution in [0.3, 0.4) is 0 Å². The normalized spacial score (nSPS) is 26.4. The van der Waals surface area contributed by atoms with E-state index in [1.165, 1.54) is 6.42 Å². The van der Waals surface area contributed by atoms with Crippen LogP contribution < -0.4 is 0 Å². The van der Waals surface area contributed by atoms with E-state index < -0.39 is 10.0 Å². The summed E-state index contributed by atoms with van der Waals surface area (Å²) in [5.74, 6) is 1.09. The quantitative estimate of drug-likeness (QED) is 0.839. The Labute approximate surface area is 120 Å². The molecule has 3 rings (SSSR count). The lowest BCUT2D eigenvalue weighted by molar-refractivity contribution is 0.445. The van der Waals surface area contributed by atoms with Crippen LogP contribution in [0.4, 0.5) is 0 Å². The van der Waals surface area contributed by atoms with Crippen molar-refractivity contribution in [2.45, 2.75) is 31.1 Å². The van der Waals surface area contributed by atoms with Crippen LogP contribution in [0.25, 0.3) is 0 Å². The van der Waals surface area contributed by atoms with Crippen molar-refractivity contribution in [1.29, 1.82) is 5.26 Å². The second-order valence-corrected chi connectivity index (χ2v) is 7.77. The molecule has 5 heteroatoms. The molecule has 1 aliphatic carbocycles. The number of hydrogen-bond acceptors (Lipinski definition) is 3. The minimum atomic E-state index is -3.41. The van der Waals surface area contributed by atoms with E-state index in [1.54, 1.807) is 29.4 Å². The van der Waals surface area contributed by atoms with E-state index in [2.05, 4.69) is 0 Å². The fraction of sp³-hybridized carbons (Fsp3) is 0.533. The first kappa shape index (κ1) is 13.6. The summed E-state index contributed by atoms with van der Waals surface area (Å²) in [5, 5.41) is 8.87. The zero-order valence-electron chi connectivity index (χ0n) is 11.5. The van der Waals surface area contributed by atoms with Crippen molar-refractivity contribution in [3.05, 3.63) is 29.3 Å². The van der Waals surface area contributed by atoms with Gasteiger partial charge in [0.05, 0.1) is 16.5 Å². The molecule has 1 saturated carbocycles. The van der Waals surface area contributed by atoms with E-state index in [0.29, 0.717) is 40.9 Å². The monoisotopic (exact) mass is 290 g/mol. The van der Waals surface area contributed by atoms with Crippen molar-refractivity contribution in [3.8, 4) is 6.07 Å². The molecule has 0 amide bonds. The van der Waals surface area contributed by atoms with Gasteiger partial charge in [-0.25, -0.2) is 8.42 Å². The number of nitrogens with zero attached hydrogens (tertiary/aromatic N) is 2. The summed E-state index contributed by atoms with van der Waals surface area (Å²) in [6.07, 6.45) is 3.55. The van der Waals surface area contributed by atoms with E-state index in [-0.39, 0.29) is 0 Å². The Morgan fingerprint density at radius 3 is 2.45 bits per heavy atom.